The lowest BCUT2D eigenvalue weighted by Crippen LogP contribution is -2.05. The molecule has 4 aliphatic heterocycles. The van der Waals surface area contributed by atoms with Crippen LogP contribution in [0.4, 0.5) is 0 Å². The van der Waals surface area contributed by atoms with Gasteiger partial charge < -0.3 is 0 Å². The van der Waals surface area contributed by atoms with Crippen LogP contribution in [-0.4, -0.2) is 0 Å². The number of rotatable bonds is 10. The van der Waals surface area contributed by atoms with Crippen molar-refractivity contribution < 1.29 is 0 Å². The molecule has 0 bridgehead atoms. The number of nitriles is 12. The first-order chi connectivity index (χ1) is 33.7. The highest BCUT2D eigenvalue weighted by Crippen LogP contribution is 2.59. The number of thioether (sulfide) groups is 8. The third-order valence-electron chi connectivity index (χ3n) is 9.32. The molecule has 69 heavy (non-hydrogen) atoms. The Bertz CT molecular complexity index is 3220. The lowest BCUT2D eigenvalue weighted by Gasteiger charge is -2.19. The van der Waals surface area contributed by atoms with Crippen LogP contribution < -0.4 is 0 Å². The van der Waals surface area contributed by atoms with E-state index in [0.717, 1.165) is 16.9 Å². The summed E-state index contributed by atoms with van der Waals surface area (Å²) in [4.78, 5) is 0.685. The van der Waals surface area contributed by atoms with Crippen molar-refractivity contribution in [2.24, 2.45) is 0 Å². The fourth-order valence-corrected chi connectivity index (χ4v) is 15.2. The molecule has 20 heteroatoms. The standard InChI is InChI=1S/C49H16N12S8/c50-14-32(15-51)28-1-5-30(6-2-28)42(34(18-54)19-55)44(36(22-58)23-59)38(40-26-66-48(68-40)46-62-9-10-63-46)13-39(41-27-67-49(69-41)47-64-11-12-65-47)45(37(24-60)25-61)43(35(20-56)21-57)31-7-3-29(4-8-31)33(16-52)17-53/h1-12,26-27,32-33H. The summed E-state index contributed by atoms with van der Waals surface area (Å²) < 4.78 is 3.36. The van der Waals surface area contributed by atoms with Gasteiger partial charge in [0.05, 0.1) is 41.2 Å². The van der Waals surface area contributed by atoms with E-state index in [1.165, 1.54) is 143 Å². The number of hydrogen-bond acceptors (Lipinski definition) is 20. The molecule has 0 amide bonds. The van der Waals surface area contributed by atoms with Gasteiger partial charge in [-0.25, -0.2) is 0 Å². The Morgan fingerprint density at radius 2 is 0.667 bits per heavy atom. The van der Waals surface area contributed by atoms with E-state index >= 15 is 0 Å². The molecule has 320 valence electrons. The number of nitrogens with zero attached hydrogens (tertiary/aromatic N) is 12. The van der Waals surface area contributed by atoms with Crippen LogP contribution in [0.15, 0.2) is 158 Å². The predicted octanol–water partition coefficient (Wildman–Crippen LogP) is 13.2. The molecule has 0 radical (unpaired) electrons. The van der Waals surface area contributed by atoms with Crippen LogP contribution in [0.5, 0.6) is 0 Å². The highest BCUT2D eigenvalue weighted by molar-refractivity contribution is 8.34. The average Bonchev–Trinajstić information content (AvgIpc) is 4.25. The smallest absolute Gasteiger partial charge is 0.158 e. The van der Waals surface area contributed by atoms with Gasteiger partial charge in [-0.2, -0.15) is 63.1 Å². The van der Waals surface area contributed by atoms with Crippen LogP contribution in [0.1, 0.15) is 34.1 Å². The van der Waals surface area contributed by atoms with Gasteiger partial charge in [0, 0.05) is 43.2 Å². The van der Waals surface area contributed by atoms with Gasteiger partial charge in [-0.1, -0.05) is 143 Å². The lowest BCUT2D eigenvalue weighted by molar-refractivity contribution is 1.10. The predicted molar refractivity (Wildman–Crippen MR) is 273 cm³/mol. The minimum atomic E-state index is -1.18. The first-order valence-electron chi connectivity index (χ1n) is 18.8. The second-order valence-corrected chi connectivity index (χ2v) is 21.5. The van der Waals surface area contributed by atoms with Gasteiger partial charge in [0.25, 0.3) is 0 Å². The number of benzene rings is 2. The molecule has 0 aliphatic carbocycles. The Kier molecular flexibility index (Phi) is 17.7. The van der Waals surface area contributed by atoms with E-state index < -0.39 is 34.1 Å². The Labute approximate surface area is 429 Å². The highest BCUT2D eigenvalue weighted by Gasteiger charge is 2.33. The largest absolute Gasteiger partial charge is 0.196 e. The van der Waals surface area contributed by atoms with Crippen LogP contribution in [0, 0.1) is 136 Å². The first-order valence-corrected chi connectivity index (χ1v) is 25.7. The van der Waals surface area contributed by atoms with Crippen molar-refractivity contribution in [3.63, 3.8) is 0 Å². The maximum absolute atomic E-state index is 10.8. The van der Waals surface area contributed by atoms with Gasteiger partial charge in [-0.05, 0) is 54.7 Å². The van der Waals surface area contributed by atoms with Crippen LogP contribution >= 0.6 is 94.1 Å². The first kappa shape index (κ1) is 50.5. The fourth-order valence-electron chi connectivity index (χ4n) is 6.30. The van der Waals surface area contributed by atoms with Crippen molar-refractivity contribution in [3.8, 4) is 72.8 Å². The van der Waals surface area contributed by atoms with Gasteiger partial charge in [0.15, 0.2) is 11.8 Å². The van der Waals surface area contributed by atoms with Gasteiger partial charge in [-0.15, -0.1) is 5.73 Å². The molecule has 4 heterocycles. The Balaban J connectivity index is 1.87. The van der Waals surface area contributed by atoms with Crippen LogP contribution in [0.3, 0.4) is 0 Å². The van der Waals surface area contributed by atoms with E-state index in [-0.39, 0.29) is 55.7 Å². The Morgan fingerprint density at radius 1 is 0.362 bits per heavy atom. The van der Waals surface area contributed by atoms with Crippen molar-refractivity contribution in [2.45, 2.75) is 11.8 Å². The van der Waals surface area contributed by atoms with E-state index in [4.69, 9.17) is 0 Å². The molecule has 0 atom stereocenters. The fraction of sp³-hybridized carbons (Fsp3) is 0.0408. The van der Waals surface area contributed by atoms with Gasteiger partial charge in [0.2, 0.25) is 0 Å². The van der Waals surface area contributed by atoms with Crippen LogP contribution in [0.2, 0.25) is 0 Å². The summed E-state index contributed by atoms with van der Waals surface area (Å²) in [6.45, 7) is 0. The molecule has 4 aliphatic rings. The summed E-state index contributed by atoms with van der Waals surface area (Å²) in [5, 5.41) is 135. The molecule has 0 N–H and O–H groups in total. The molecular weight excluding hydrogens is 1010 g/mol. The van der Waals surface area contributed by atoms with E-state index in [1.807, 2.05) is 94.5 Å². The number of hydrogen-bond donors (Lipinski definition) is 0. The second-order valence-electron chi connectivity index (χ2n) is 13.0. The lowest BCUT2D eigenvalue weighted by atomic mass is 9.83. The molecule has 0 spiro atoms. The quantitative estimate of drug-likeness (QED) is 0.121. The van der Waals surface area contributed by atoms with Crippen molar-refractivity contribution >= 4 is 105 Å². The van der Waals surface area contributed by atoms with E-state index in [0.29, 0.717) is 9.81 Å². The molecule has 0 unspecified atom stereocenters. The third-order valence-corrected chi connectivity index (χ3v) is 19.4. The molecule has 2 aromatic rings. The van der Waals surface area contributed by atoms with Crippen molar-refractivity contribution in [2.75, 3.05) is 0 Å². The molecule has 0 saturated heterocycles. The molecule has 6 rings (SSSR count). The van der Waals surface area contributed by atoms with Crippen molar-refractivity contribution in [1.29, 1.82) is 63.1 Å². The summed E-state index contributed by atoms with van der Waals surface area (Å²) in [7, 11) is 0. The molecular formula is C49H16N12S8. The van der Waals surface area contributed by atoms with Crippen LogP contribution in [-0.2, 0) is 0 Å². The molecule has 2 aromatic carbocycles. The second kappa shape index (κ2) is 24.2. The zero-order valence-corrected chi connectivity index (χ0v) is 40.9. The topological polar surface area (TPSA) is 285 Å². The summed E-state index contributed by atoms with van der Waals surface area (Å²) in [5.41, 5.74) is 0.891. The SMILES string of the molecule is N#CC(C#N)=C(C(=C=C(C1=CSC(=C2SC=CS2)S1)C(=C(C#N)C#N)C(=C(C#N)C#N)c1ccc(C(C#N)C#N)cc1)C1=CSC(=C2SC=CS2)S1)C(=C(C#N)C#N)c1ccc(C(C#N)C#N)cc1. The minimum absolute atomic E-state index is 0.0613. The van der Waals surface area contributed by atoms with Gasteiger partial charge >= 0.3 is 0 Å². The normalized spacial score (nSPS) is 13.6. The van der Waals surface area contributed by atoms with Crippen molar-refractivity contribution in [1.82, 2.24) is 0 Å². The van der Waals surface area contributed by atoms with Gasteiger partial charge in [0.1, 0.15) is 70.8 Å². The third kappa shape index (κ3) is 10.9. The van der Waals surface area contributed by atoms with E-state index in [1.54, 1.807) is 10.8 Å². The van der Waals surface area contributed by atoms with Gasteiger partial charge in [-0.3, -0.25) is 0 Å². The number of allylic oxidation sites excluding steroid dienone is 10. The molecule has 12 nitrogen and oxygen atoms in total. The summed E-state index contributed by atoms with van der Waals surface area (Å²) in [5.74, 6) is -2.36. The van der Waals surface area contributed by atoms with E-state index in [2.05, 4.69) is 5.73 Å². The zero-order valence-electron chi connectivity index (χ0n) is 34.4. The zero-order chi connectivity index (χ0) is 49.5. The summed E-state index contributed by atoms with van der Waals surface area (Å²) >= 11 is 10.9. The maximum atomic E-state index is 10.8. The molecule has 0 saturated carbocycles. The Hall–Kier alpha value is -7.96. The molecule has 0 fully saturated rings. The maximum Gasteiger partial charge on any atom is 0.158 e. The molecule has 0 aromatic heterocycles. The minimum Gasteiger partial charge on any atom is -0.196 e. The van der Waals surface area contributed by atoms with Crippen LogP contribution in [0.25, 0.3) is 11.1 Å². The summed E-state index contributed by atoms with van der Waals surface area (Å²) in [6, 6.07) is 34.4. The van der Waals surface area contributed by atoms with E-state index in [9.17, 15) is 63.1 Å². The van der Waals surface area contributed by atoms with Crippen molar-refractivity contribution in [3.05, 3.63) is 180 Å². The summed E-state index contributed by atoms with van der Waals surface area (Å²) in [6.07, 6.45) is 0. The Morgan fingerprint density at radius 3 is 0.942 bits per heavy atom. The highest BCUT2D eigenvalue weighted by atomic mass is 32.2. The average molecular weight is 1030 g/mol. The monoisotopic (exact) mass is 1030 g/mol.